The maximum atomic E-state index is 12.7. The lowest BCUT2D eigenvalue weighted by Gasteiger charge is -2.17. The Balaban J connectivity index is 1.69. The first-order valence-electron chi connectivity index (χ1n) is 8.14. The lowest BCUT2D eigenvalue weighted by atomic mass is 9.98. The van der Waals surface area contributed by atoms with Crippen LogP contribution in [-0.2, 0) is 6.42 Å². The van der Waals surface area contributed by atoms with Crippen LogP contribution in [0.1, 0.15) is 33.8 Å². The standard InChI is InChI=1S/C19H21BrN2O2/c20-17-9-16(10-18(23)11-17)15-6-8-22(12-15)19(24)14-3-1-13(2-4-14)5-7-21/h1-4,9-11,15,23H,5-8,12,21H2. The van der Waals surface area contributed by atoms with Gasteiger partial charge in [0.1, 0.15) is 5.75 Å². The molecule has 1 aliphatic heterocycles. The number of halogens is 1. The molecule has 1 saturated heterocycles. The third-order valence-electron chi connectivity index (χ3n) is 4.49. The molecule has 1 atom stereocenters. The summed E-state index contributed by atoms with van der Waals surface area (Å²) in [7, 11) is 0. The second-order valence-electron chi connectivity index (χ2n) is 6.22. The van der Waals surface area contributed by atoms with Crippen molar-refractivity contribution in [1.82, 2.24) is 4.90 Å². The first kappa shape index (κ1) is 17.0. The van der Waals surface area contributed by atoms with Crippen LogP contribution < -0.4 is 5.73 Å². The number of likely N-dealkylation sites (tertiary alicyclic amines) is 1. The number of nitrogens with zero attached hydrogens (tertiary/aromatic N) is 1. The van der Waals surface area contributed by atoms with Crippen LogP contribution in [0.15, 0.2) is 46.9 Å². The molecule has 0 bridgehead atoms. The quantitative estimate of drug-likeness (QED) is 0.844. The van der Waals surface area contributed by atoms with Crippen molar-refractivity contribution in [3.8, 4) is 5.75 Å². The second-order valence-corrected chi connectivity index (χ2v) is 7.13. The molecular formula is C19H21BrN2O2. The van der Waals surface area contributed by atoms with Crippen molar-refractivity contribution in [2.45, 2.75) is 18.8 Å². The number of hydrogen-bond acceptors (Lipinski definition) is 3. The predicted molar refractivity (Wildman–Crippen MR) is 98.3 cm³/mol. The van der Waals surface area contributed by atoms with Crippen molar-refractivity contribution in [2.75, 3.05) is 19.6 Å². The average molecular weight is 389 g/mol. The zero-order valence-electron chi connectivity index (χ0n) is 13.4. The van der Waals surface area contributed by atoms with Crippen LogP contribution in [-0.4, -0.2) is 35.5 Å². The van der Waals surface area contributed by atoms with E-state index in [9.17, 15) is 9.90 Å². The van der Waals surface area contributed by atoms with E-state index in [1.54, 1.807) is 12.1 Å². The highest BCUT2D eigenvalue weighted by molar-refractivity contribution is 9.10. The van der Waals surface area contributed by atoms with Crippen molar-refractivity contribution in [2.24, 2.45) is 5.73 Å². The van der Waals surface area contributed by atoms with Gasteiger partial charge in [-0.25, -0.2) is 0 Å². The Hall–Kier alpha value is -1.85. The Morgan fingerprint density at radius 3 is 2.67 bits per heavy atom. The highest BCUT2D eigenvalue weighted by Crippen LogP contribution is 2.32. The average Bonchev–Trinajstić information content (AvgIpc) is 3.04. The molecule has 2 aromatic carbocycles. The maximum Gasteiger partial charge on any atom is 0.253 e. The summed E-state index contributed by atoms with van der Waals surface area (Å²) < 4.78 is 0.859. The number of phenolic OH excluding ortho intramolecular Hbond substituents is 1. The van der Waals surface area contributed by atoms with Gasteiger partial charge in [0.15, 0.2) is 0 Å². The highest BCUT2D eigenvalue weighted by Gasteiger charge is 2.28. The van der Waals surface area contributed by atoms with Gasteiger partial charge >= 0.3 is 0 Å². The van der Waals surface area contributed by atoms with E-state index < -0.39 is 0 Å². The highest BCUT2D eigenvalue weighted by atomic mass is 79.9. The molecule has 1 amide bonds. The molecule has 5 heteroatoms. The van der Waals surface area contributed by atoms with E-state index in [1.807, 2.05) is 35.2 Å². The van der Waals surface area contributed by atoms with Crippen molar-refractivity contribution in [3.05, 3.63) is 63.6 Å². The van der Waals surface area contributed by atoms with Crippen LogP contribution >= 0.6 is 15.9 Å². The zero-order chi connectivity index (χ0) is 17.1. The minimum absolute atomic E-state index is 0.0658. The number of benzene rings is 2. The Morgan fingerprint density at radius 1 is 1.25 bits per heavy atom. The zero-order valence-corrected chi connectivity index (χ0v) is 15.0. The van der Waals surface area contributed by atoms with Gasteiger partial charge in [-0.05, 0) is 60.8 Å². The van der Waals surface area contributed by atoms with Gasteiger partial charge in [0.2, 0.25) is 0 Å². The molecule has 3 N–H and O–H groups in total. The fraction of sp³-hybridized carbons (Fsp3) is 0.316. The summed E-state index contributed by atoms with van der Waals surface area (Å²) in [5.41, 5.74) is 8.49. The van der Waals surface area contributed by atoms with E-state index in [-0.39, 0.29) is 17.6 Å². The molecular weight excluding hydrogens is 368 g/mol. The summed E-state index contributed by atoms with van der Waals surface area (Å²) in [6.45, 7) is 2.03. The van der Waals surface area contributed by atoms with Gasteiger partial charge in [-0.15, -0.1) is 0 Å². The van der Waals surface area contributed by atoms with Gasteiger partial charge in [0.25, 0.3) is 5.91 Å². The normalized spacial score (nSPS) is 17.2. The minimum atomic E-state index is 0.0658. The Bertz CT molecular complexity index is 710. The van der Waals surface area contributed by atoms with Gasteiger partial charge in [0, 0.05) is 29.0 Å². The van der Waals surface area contributed by atoms with Crippen LogP contribution in [0.5, 0.6) is 5.75 Å². The van der Waals surface area contributed by atoms with Gasteiger partial charge in [-0.1, -0.05) is 28.1 Å². The lowest BCUT2D eigenvalue weighted by molar-refractivity contribution is 0.0791. The molecule has 0 aliphatic carbocycles. The fourth-order valence-corrected chi connectivity index (χ4v) is 3.71. The topological polar surface area (TPSA) is 66.6 Å². The molecule has 1 aliphatic rings. The number of carbonyl (C=O) groups is 1. The molecule has 0 spiro atoms. The fourth-order valence-electron chi connectivity index (χ4n) is 3.21. The Labute approximate surface area is 150 Å². The number of hydrogen-bond donors (Lipinski definition) is 2. The van der Waals surface area contributed by atoms with E-state index in [2.05, 4.69) is 15.9 Å². The Kier molecular flexibility index (Phi) is 5.21. The first-order valence-corrected chi connectivity index (χ1v) is 8.94. The SMILES string of the molecule is NCCc1ccc(C(=O)N2CCC(c3cc(O)cc(Br)c3)C2)cc1. The molecule has 1 fully saturated rings. The van der Waals surface area contributed by atoms with Crippen LogP contribution in [0.4, 0.5) is 0 Å². The molecule has 0 saturated carbocycles. The van der Waals surface area contributed by atoms with E-state index in [4.69, 9.17) is 5.73 Å². The first-order chi connectivity index (χ1) is 11.6. The van der Waals surface area contributed by atoms with Crippen LogP contribution in [0.3, 0.4) is 0 Å². The summed E-state index contributed by atoms with van der Waals surface area (Å²) in [5.74, 6) is 0.574. The summed E-state index contributed by atoms with van der Waals surface area (Å²) >= 11 is 3.41. The van der Waals surface area contributed by atoms with Crippen molar-refractivity contribution >= 4 is 21.8 Å². The number of nitrogens with two attached hydrogens (primary N) is 1. The lowest BCUT2D eigenvalue weighted by Crippen LogP contribution is -2.28. The minimum Gasteiger partial charge on any atom is -0.508 e. The van der Waals surface area contributed by atoms with Crippen molar-refractivity contribution in [3.63, 3.8) is 0 Å². The van der Waals surface area contributed by atoms with Crippen LogP contribution in [0, 0.1) is 0 Å². The van der Waals surface area contributed by atoms with Crippen molar-refractivity contribution < 1.29 is 9.90 Å². The van der Waals surface area contributed by atoms with Crippen molar-refractivity contribution in [1.29, 1.82) is 0 Å². The molecule has 4 nitrogen and oxygen atoms in total. The third-order valence-corrected chi connectivity index (χ3v) is 4.94. The summed E-state index contributed by atoms with van der Waals surface area (Å²) in [4.78, 5) is 14.6. The largest absolute Gasteiger partial charge is 0.508 e. The van der Waals surface area contributed by atoms with Gasteiger partial charge in [0.05, 0.1) is 0 Å². The molecule has 3 rings (SSSR count). The van der Waals surface area contributed by atoms with E-state index in [0.29, 0.717) is 18.7 Å². The summed E-state index contributed by atoms with van der Waals surface area (Å²) in [6, 6.07) is 13.2. The summed E-state index contributed by atoms with van der Waals surface area (Å²) in [5, 5.41) is 9.76. The molecule has 0 aromatic heterocycles. The monoisotopic (exact) mass is 388 g/mol. The smallest absolute Gasteiger partial charge is 0.253 e. The molecule has 24 heavy (non-hydrogen) atoms. The Morgan fingerprint density at radius 2 is 2.00 bits per heavy atom. The number of carbonyl (C=O) groups excluding carboxylic acids is 1. The number of rotatable bonds is 4. The van der Waals surface area contributed by atoms with E-state index in [0.717, 1.165) is 35.0 Å². The van der Waals surface area contributed by atoms with E-state index >= 15 is 0 Å². The van der Waals surface area contributed by atoms with Gasteiger partial charge in [-0.2, -0.15) is 0 Å². The molecule has 0 radical (unpaired) electrons. The molecule has 126 valence electrons. The number of amides is 1. The second kappa shape index (κ2) is 7.36. The molecule has 1 unspecified atom stereocenters. The van der Waals surface area contributed by atoms with Crippen LogP contribution in [0.2, 0.25) is 0 Å². The number of aromatic hydroxyl groups is 1. The molecule has 2 aromatic rings. The maximum absolute atomic E-state index is 12.7. The van der Waals surface area contributed by atoms with E-state index in [1.165, 1.54) is 0 Å². The van der Waals surface area contributed by atoms with Crippen LogP contribution in [0.25, 0.3) is 0 Å². The van der Waals surface area contributed by atoms with Gasteiger partial charge < -0.3 is 15.7 Å². The third kappa shape index (κ3) is 3.79. The molecule has 1 heterocycles. The predicted octanol–water partition coefficient (Wildman–Crippen LogP) is 3.29. The van der Waals surface area contributed by atoms with Gasteiger partial charge in [-0.3, -0.25) is 4.79 Å². The summed E-state index contributed by atoms with van der Waals surface area (Å²) in [6.07, 6.45) is 1.74. The number of phenols is 1.